The lowest BCUT2D eigenvalue weighted by atomic mass is 9.90. The van der Waals surface area contributed by atoms with Gasteiger partial charge in [0.25, 0.3) is 5.76 Å². The fraction of sp³-hybridized carbons (Fsp3) is 0.176. The van der Waals surface area contributed by atoms with Crippen LogP contribution in [-0.2, 0) is 9.59 Å². The minimum atomic E-state index is -2.52. The number of anilines is 2. The topological polar surface area (TPSA) is 58.2 Å². The van der Waals surface area contributed by atoms with E-state index in [0.29, 0.717) is 28.0 Å². The van der Waals surface area contributed by atoms with Crippen LogP contribution in [0.2, 0.25) is 0 Å². The molecule has 4 nitrogen and oxygen atoms in total. The van der Waals surface area contributed by atoms with Gasteiger partial charge in [-0.2, -0.15) is 8.78 Å². The number of thioether (sulfide) groups is 1. The van der Waals surface area contributed by atoms with Crippen molar-refractivity contribution >= 4 is 35.0 Å². The SMILES string of the molecule is O=C1CC(C(=O)Nc2cccc(SC(F)F)c2)c2ccccc2N1. The first kappa shape index (κ1) is 16.4. The predicted octanol–water partition coefficient (Wildman–Crippen LogP) is 4.07. The second-order valence-corrected chi connectivity index (χ2v) is 6.35. The molecule has 0 fully saturated rings. The number of carbonyl (C=O) groups is 2. The van der Waals surface area contributed by atoms with Crippen molar-refractivity contribution in [1.82, 2.24) is 0 Å². The quantitative estimate of drug-likeness (QED) is 0.819. The van der Waals surface area contributed by atoms with Gasteiger partial charge >= 0.3 is 0 Å². The summed E-state index contributed by atoms with van der Waals surface area (Å²) in [5.74, 6) is -3.70. The molecule has 0 bridgehead atoms. The van der Waals surface area contributed by atoms with Gasteiger partial charge in [0.1, 0.15) is 0 Å². The average molecular weight is 348 g/mol. The smallest absolute Gasteiger partial charge is 0.288 e. The number of fused-ring (bicyclic) bond motifs is 1. The highest BCUT2D eigenvalue weighted by Gasteiger charge is 2.30. The number of carbonyl (C=O) groups excluding carboxylic acids is 2. The van der Waals surface area contributed by atoms with Crippen LogP contribution in [0.4, 0.5) is 20.2 Å². The average Bonchev–Trinajstić information content (AvgIpc) is 2.53. The van der Waals surface area contributed by atoms with Gasteiger partial charge in [-0.15, -0.1) is 0 Å². The Labute approximate surface area is 141 Å². The van der Waals surface area contributed by atoms with Crippen LogP contribution in [0.25, 0.3) is 0 Å². The summed E-state index contributed by atoms with van der Waals surface area (Å²) in [5, 5.41) is 5.44. The summed E-state index contributed by atoms with van der Waals surface area (Å²) in [4.78, 5) is 24.7. The monoisotopic (exact) mass is 348 g/mol. The summed E-state index contributed by atoms with van der Waals surface area (Å²) in [6.45, 7) is 0. The zero-order valence-electron chi connectivity index (χ0n) is 12.5. The molecule has 24 heavy (non-hydrogen) atoms. The summed E-state index contributed by atoms with van der Waals surface area (Å²) in [6, 6.07) is 13.4. The third kappa shape index (κ3) is 3.73. The Bertz CT molecular complexity index is 783. The molecule has 1 aliphatic rings. The molecule has 3 rings (SSSR count). The largest absolute Gasteiger partial charge is 0.326 e. The lowest BCUT2D eigenvalue weighted by Gasteiger charge is -2.24. The number of alkyl halides is 2. The van der Waals surface area contributed by atoms with Crippen molar-refractivity contribution in [3.8, 4) is 0 Å². The Hall–Kier alpha value is -2.41. The maximum atomic E-state index is 12.6. The van der Waals surface area contributed by atoms with E-state index < -0.39 is 11.7 Å². The molecule has 1 atom stereocenters. The molecule has 0 saturated carbocycles. The van der Waals surface area contributed by atoms with Crippen molar-refractivity contribution in [1.29, 1.82) is 0 Å². The highest BCUT2D eigenvalue weighted by molar-refractivity contribution is 7.99. The van der Waals surface area contributed by atoms with Gasteiger partial charge in [-0.25, -0.2) is 0 Å². The number of nitrogens with one attached hydrogen (secondary N) is 2. The highest BCUT2D eigenvalue weighted by atomic mass is 32.2. The molecule has 0 radical (unpaired) electrons. The first-order valence-corrected chi connectivity index (χ1v) is 8.15. The molecule has 124 valence electrons. The van der Waals surface area contributed by atoms with Gasteiger partial charge in [0.05, 0.1) is 5.92 Å². The summed E-state index contributed by atoms with van der Waals surface area (Å²) in [7, 11) is 0. The number of hydrogen-bond donors (Lipinski definition) is 2. The number of para-hydroxylation sites is 1. The Kier molecular flexibility index (Phi) is 4.80. The van der Waals surface area contributed by atoms with Crippen LogP contribution < -0.4 is 10.6 Å². The normalized spacial score (nSPS) is 16.5. The van der Waals surface area contributed by atoms with Gasteiger partial charge in [0, 0.05) is 22.7 Å². The van der Waals surface area contributed by atoms with Crippen molar-refractivity contribution in [2.75, 3.05) is 10.6 Å². The second kappa shape index (κ2) is 7.00. The third-order valence-corrected chi connectivity index (χ3v) is 4.35. The van der Waals surface area contributed by atoms with Crippen molar-refractivity contribution < 1.29 is 18.4 Å². The van der Waals surface area contributed by atoms with Gasteiger partial charge in [0.15, 0.2) is 0 Å². The van der Waals surface area contributed by atoms with Gasteiger partial charge in [-0.05, 0) is 29.8 Å². The van der Waals surface area contributed by atoms with Crippen LogP contribution in [0.3, 0.4) is 0 Å². The molecule has 7 heteroatoms. The Morgan fingerprint density at radius 2 is 2.00 bits per heavy atom. The molecule has 0 aliphatic carbocycles. The van der Waals surface area contributed by atoms with Crippen molar-refractivity contribution in [2.24, 2.45) is 0 Å². The Balaban J connectivity index is 1.79. The number of hydrogen-bond acceptors (Lipinski definition) is 3. The van der Waals surface area contributed by atoms with Gasteiger partial charge in [-0.3, -0.25) is 9.59 Å². The highest BCUT2D eigenvalue weighted by Crippen LogP contribution is 2.33. The van der Waals surface area contributed by atoms with E-state index in [9.17, 15) is 18.4 Å². The van der Waals surface area contributed by atoms with Crippen LogP contribution in [0, 0.1) is 0 Å². The van der Waals surface area contributed by atoms with Crippen LogP contribution >= 0.6 is 11.8 Å². The van der Waals surface area contributed by atoms with Crippen molar-refractivity contribution in [2.45, 2.75) is 23.0 Å². The van der Waals surface area contributed by atoms with E-state index >= 15 is 0 Å². The fourth-order valence-corrected chi connectivity index (χ4v) is 3.18. The van der Waals surface area contributed by atoms with Crippen LogP contribution in [0.15, 0.2) is 53.4 Å². The standard InChI is InChI=1S/C17H14F2N2O2S/c18-17(19)24-11-5-3-4-10(8-11)20-16(23)13-9-15(22)21-14-7-2-1-6-12(13)14/h1-8,13,17H,9H2,(H,20,23)(H,21,22). The molecule has 2 N–H and O–H groups in total. The lowest BCUT2D eigenvalue weighted by Crippen LogP contribution is -2.30. The minimum Gasteiger partial charge on any atom is -0.326 e. The summed E-state index contributed by atoms with van der Waals surface area (Å²) >= 11 is 0.415. The molecule has 2 aromatic rings. The first-order chi connectivity index (χ1) is 11.5. The van der Waals surface area contributed by atoms with E-state index in [1.165, 1.54) is 6.07 Å². The molecule has 1 unspecified atom stereocenters. The third-order valence-electron chi connectivity index (χ3n) is 3.64. The molecule has 1 heterocycles. The van der Waals surface area contributed by atoms with E-state index in [0.717, 1.165) is 5.56 Å². The van der Waals surface area contributed by atoms with Crippen molar-refractivity contribution in [3.05, 3.63) is 54.1 Å². The summed E-state index contributed by atoms with van der Waals surface area (Å²) < 4.78 is 24.9. The minimum absolute atomic E-state index is 0.0499. The predicted molar refractivity (Wildman–Crippen MR) is 89.4 cm³/mol. The number of rotatable bonds is 4. The summed E-state index contributed by atoms with van der Waals surface area (Å²) in [5.41, 5.74) is 1.79. The van der Waals surface area contributed by atoms with Gasteiger partial charge in [0.2, 0.25) is 11.8 Å². The number of amides is 2. The zero-order valence-corrected chi connectivity index (χ0v) is 13.3. The first-order valence-electron chi connectivity index (χ1n) is 7.27. The molecule has 0 saturated heterocycles. The van der Waals surface area contributed by atoms with Crippen molar-refractivity contribution in [3.63, 3.8) is 0 Å². The molecular weight excluding hydrogens is 334 g/mol. The Morgan fingerprint density at radius 3 is 2.79 bits per heavy atom. The number of benzene rings is 2. The maximum Gasteiger partial charge on any atom is 0.288 e. The molecule has 0 spiro atoms. The number of halogens is 2. The van der Waals surface area contributed by atoms with E-state index in [4.69, 9.17) is 0 Å². The Morgan fingerprint density at radius 1 is 1.21 bits per heavy atom. The fourth-order valence-electron chi connectivity index (χ4n) is 2.62. The molecule has 1 aliphatic heterocycles. The van der Waals surface area contributed by atoms with Crippen LogP contribution in [-0.4, -0.2) is 17.6 Å². The zero-order chi connectivity index (χ0) is 17.1. The van der Waals surface area contributed by atoms with Gasteiger partial charge in [-0.1, -0.05) is 36.0 Å². The van der Waals surface area contributed by atoms with E-state index in [1.54, 1.807) is 42.5 Å². The second-order valence-electron chi connectivity index (χ2n) is 5.29. The molecule has 2 amide bonds. The lowest BCUT2D eigenvalue weighted by molar-refractivity contribution is -0.123. The summed E-state index contributed by atoms with van der Waals surface area (Å²) in [6.07, 6.45) is 0.0499. The van der Waals surface area contributed by atoms with Gasteiger partial charge < -0.3 is 10.6 Å². The van der Waals surface area contributed by atoms with E-state index in [1.807, 2.05) is 0 Å². The van der Waals surface area contributed by atoms with E-state index in [2.05, 4.69) is 10.6 Å². The van der Waals surface area contributed by atoms with Crippen LogP contribution in [0.1, 0.15) is 17.9 Å². The molecular formula is C17H14F2N2O2S. The van der Waals surface area contributed by atoms with E-state index in [-0.39, 0.29) is 18.2 Å². The van der Waals surface area contributed by atoms with Crippen LogP contribution in [0.5, 0.6) is 0 Å². The maximum absolute atomic E-state index is 12.6. The molecule has 2 aromatic carbocycles. The molecule has 0 aromatic heterocycles.